The molecule has 6 nitrogen and oxygen atoms in total. The number of aromatic nitrogens is 4. The lowest BCUT2D eigenvalue weighted by molar-refractivity contribution is 0.686. The molecule has 106 valence electrons. The quantitative estimate of drug-likeness (QED) is 0.746. The SMILES string of the molecule is Nc1nccnc1NCc1cnn(Cc2ccccc2)c1. The first-order chi connectivity index (χ1) is 10.3. The van der Waals surface area contributed by atoms with Crippen LogP contribution in [0.4, 0.5) is 11.6 Å². The topological polar surface area (TPSA) is 81.7 Å². The van der Waals surface area contributed by atoms with Crippen molar-refractivity contribution in [3.05, 3.63) is 66.2 Å². The highest BCUT2D eigenvalue weighted by Crippen LogP contribution is 2.11. The minimum absolute atomic E-state index is 0.397. The lowest BCUT2D eigenvalue weighted by atomic mass is 10.2. The zero-order valence-corrected chi connectivity index (χ0v) is 11.5. The molecule has 3 N–H and O–H groups in total. The van der Waals surface area contributed by atoms with Crippen LogP contribution in [-0.2, 0) is 13.1 Å². The van der Waals surface area contributed by atoms with Gasteiger partial charge in [-0.3, -0.25) is 4.68 Å². The maximum absolute atomic E-state index is 5.74. The molecule has 0 saturated heterocycles. The van der Waals surface area contributed by atoms with E-state index < -0.39 is 0 Å². The van der Waals surface area contributed by atoms with Crippen molar-refractivity contribution in [2.24, 2.45) is 0 Å². The van der Waals surface area contributed by atoms with Crippen molar-refractivity contribution in [3.63, 3.8) is 0 Å². The molecule has 0 bridgehead atoms. The Balaban J connectivity index is 1.62. The molecule has 2 aromatic heterocycles. The number of benzene rings is 1. The zero-order valence-electron chi connectivity index (χ0n) is 11.5. The van der Waals surface area contributed by atoms with Crippen molar-refractivity contribution in [3.8, 4) is 0 Å². The van der Waals surface area contributed by atoms with Gasteiger partial charge in [-0.2, -0.15) is 5.10 Å². The molecular formula is C15H16N6. The van der Waals surface area contributed by atoms with E-state index in [1.54, 1.807) is 12.4 Å². The highest BCUT2D eigenvalue weighted by atomic mass is 15.3. The number of rotatable bonds is 5. The molecule has 0 unspecified atom stereocenters. The lowest BCUT2D eigenvalue weighted by Crippen LogP contribution is -2.05. The summed E-state index contributed by atoms with van der Waals surface area (Å²) in [5, 5.41) is 7.51. The predicted molar refractivity (Wildman–Crippen MR) is 81.5 cm³/mol. The molecule has 0 amide bonds. The molecule has 0 saturated carbocycles. The third-order valence-corrected chi connectivity index (χ3v) is 3.06. The lowest BCUT2D eigenvalue weighted by Gasteiger charge is -2.05. The molecule has 6 heteroatoms. The fourth-order valence-electron chi connectivity index (χ4n) is 2.03. The summed E-state index contributed by atoms with van der Waals surface area (Å²) >= 11 is 0. The fourth-order valence-corrected chi connectivity index (χ4v) is 2.03. The second-order valence-electron chi connectivity index (χ2n) is 4.68. The number of nitrogen functional groups attached to an aromatic ring is 1. The van der Waals surface area contributed by atoms with E-state index in [-0.39, 0.29) is 0 Å². The molecule has 0 spiro atoms. The summed E-state index contributed by atoms with van der Waals surface area (Å²) in [5.74, 6) is 0.988. The van der Waals surface area contributed by atoms with Crippen LogP contribution in [0.15, 0.2) is 55.1 Å². The van der Waals surface area contributed by atoms with Crippen molar-refractivity contribution in [1.82, 2.24) is 19.7 Å². The molecule has 0 fully saturated rings. The van der Waals surface area contributed by atoms with E-state index in [4.69, 9.17) is 5.73 Å². The summed E-state index contributed by atoms with van der Waals surface area (Å²) in [6.07, 6.45) is 7.02. The van der Waals surface area contributed by atoms with Gasteiger partial charge in [0.05, 0.1) is 12.7 Å². The first-order valence-corrected chi connectivity index (χ1v) is 6.67. The zero-order chi connectivity index (χ0) is 14.5. The van der Waals surface area contributed by atoms with Gasteiger partial charge in [0.1, 0.15) is 0 Å². The number of nitrogens with two attached hydrogens (primary N) is 1. The Bertz CT molecular complexity index is 707. The van der Waals surface area contributed by atoms with Crippen LogP contribution in [-0.4, -0.2) is 19.7 Å². The monoisotopic (exact) mass is 280 g/mol. The Labute approximate surface area is 122 Å². The molecular weight excluding hydrogens is 264 g/mol. The molecule has 3 aromatic rings. The molecule has 0 aliphatic heterocycles. The maximum Gasteiger partial charge on any atom is 0.169 e. The number of hydrogen-bond acceptors (Lipinski definition) is 5. The third-order valence-electron chi connectivity index (χ3n) is 3.06. The maximum atomic E-state index is 5.74. The van der Waals surface area contributed by atoms with E-state index in [2.05, 4.69) is 32.5 Å². The summed E-state index contributed by atoms with van der Waals surface area (Å²) < 4.78 is 1.91. The first-order valence-electron chi connectivity index (χ1n) is 6.67. The van der Waals surface area contributed by atoms with Crippen molar-refractivity contribution in [1.29, 1.82) is 0 Å². The molecule has 21 heavy (non-hydrogen) atoms. The van der Waals surface area contributed by atoms with Gasteiger partial charge in [0.15, 0.2) is 11.6 Å². The highest BCUT2D eigenvalue weighted by molar-refractivity contribution is 5.54. The molecule has 3 rings (SSSR count). The summed E-state index contributed by atoms with van der Waals surface area (Å²) in [7, 11) is 0. The van der Waals surface area contributed by atoms with E-state index in [1.165, 1.54) is 5.56 Å². The Morgan fingerprint density at radius 3 is 2.67 bits per heavy atom. The third kappa shape index (κ3) is 3.36. The number of nitrogens with zero attached hydrogens (tertiary/aromatic N) is 4. The van der Waals surface area contributed by atoms with Crippen LogP contribution in [0.1, 0.15) is 11.1 Å². The van der Waals surface area contributed by atoms with E-state index in [9.17, 15) is 0 Å². The van der Waals surface area contributed by atoms with Crippen LogP contribution in [0.2, 0.25) is 0 Å². The summed E-state index contributed by atoms with van der Waals surface area (Å²) in [4.78, 5) is 8.13. The normalized spacial score (nSPS) is 10.5. The van der Waals surface area contributed by atoms with Gasteiger partial charge in [-0.1, -0.05) is 30.3 Å². The molecule has 0 radical (unpaired) electrons. The average Bonchev–Trinajstić information content (AvgIpc) is 2.95. The van der Waals surface area contributed by atoms with Crippen molar-refractivity contribution in [2.75, 3.05) is 11.1 Å². The second kappa shape index (κ2) is 6.04. The molecule has 0 atom stereocenters. The Morgan fingerprint density at radius 1 is 1.05 bits per heavy atom. The van der Waals surface area contributed by atoms with E-state index in [0.29, 0.717) is 18.2 Å². The second-order valence-corrected chi connectivity index (χ2v) is 4.68. The van der Waals surface area contributed by atoms with Gasteiger partial charge in [-0.25, -0.2) is 9.97 Å². The number of anilines is 2. The van der Waals surface area contributed by atoms with Gasteiger partial charge in [-0.05, 0) is 5.56 Å². The summed E-state index contributed by atoms with van der Waals surface area (Å²) in [6.45, 7) is 1.37. The van der Waals surface area contributed by atoms with E-state index in [1.807, 2.05) is 35.3 Å². The largest absolute Gasteiger partial charge is 0.381 e. The van der Waals surface area contributed by atoms with Crippen LogP contribution >= 0.6 is 0 Å². The van der Waals surface area contributed by atoms with Gasteiger partial charge in [-0.15, -0.1) is 0 Å². The summed E-state index contributed by atoms with van der Waals surface area (Å²) in [6, 6.07) is 10.2. The molecule has 0 aliphatic rings. The van der Waals surface area contributed by atoms with Gasteiger partial charge >= 0.3 is 0 Å². The van der Waals surface area contributed by atoms with Crippen LogP contribution in [0, 0.1) is 0 Å². The van der Waals surface area contributed by atoms with Crippen LogP contribution in [0.3, 0.4) is 0 Å². The smallest absolute Gasteiger partial charge is 0.169 e. The molecule has 1 aromatic carbocycles. The van der Waals surface area contributed by atoms with Gasteiger partial charge in [0, 0.05) is 30.7 Å². The van der Waals surface area contributed by atoms with E-state index in [0.717, 1.165) is 12.1 Å². The van der Waals surface area contributed by atoms with Crippen molar-refractivity contribution >= 4 is 11.6 Å². The molecule has 2 heterocycles. The Kier molecular flexibility index (Phi) is 3.77. The predicted octanol–water partition coefficient (Wildman–Crippen LogP) is 1.92. The van der Waals surface area contributed by atoms with Crippen LogP contribution in [0.25, 0.3) is 0 Å². The van der Waals surface area contributed by atoms with Gasteiger partial charge in [0.2, 0.25) is 0 Å². The van der Waals surface area contributed by atoms with Crippen molar-refractivity contribution < 1.29 is 0 Å². The first kappa shape index (κ1) is 13.1. The van der Waals surface area contributed by atoms with Crippen molar-refractivity contribution in [2.45, 2.75) is 13.1 Å². The fraction of sp³-hybridized carbons (Fsp3) is 0.133. The Morgan fingerprint density at radius 2 is 1.86 bits per heavy atom. The molecule has 0 aliphatic carbocycles. The highest BCUT2D eigenvalue weighted by Gasteiger charge is 2.03. The standard InChI is InChI=1S/C15H16N6/c16-14-15(18-7-6-17-14)19-8-13-9-20-21(11-13)10-12-4-2-1-3-5-12/h1-7,9,11H,8,10H2,(H2,16,17)(H,18,19). The Hall–Kier alpha value is -2.89. The van der Waals surface area contributed by atoms with Gasteiger partial charge in [0.25, 0.3) is 0 Å². The van der Waals surface area contributed by atoms with Gasteiger partial charge < -0.3 is 11.1 Å². The average molecular weight is 280 g/mol. The number of hydrogen-bond donors (Lipinski definition) is 2. The number of nitrogens with one attached hydrogen (secondary N) is 1. The minimum atomic E-state index is 0.397. The summed E-state index contributed by atoms with van der Waals surface area (Å²) in [5.41, 5.74) is 8.02. The van der Waals surface area contributed by atoms with Crippen LogP contribution < -0.4 is 11.1 Å². The van der Waals surface area contributed by atoms with Crippen LogP contribution in [0.5, 0.6) is 0 Å². The minimum Gasteiger partial charge on any atom is -0.381 e. The van der Waals surface area contributed by atoms with E-state index >= 15 is 0 Å².